The Bertz CT molecular complexity index is 347. The Labute approximate surface area is 108 Å². The second-order valence-corrected chi connectivity index (χ2v) is 5.70. The minimum absolute atomic E-state index is 0.356. The van der Waals surface area contributed by atoms with Crippen LogP contribution in [0.15, 0.2) is 17.5 Å². The molecule has 2 nitrogen and oxygen atoms in total. The van der Waals surface area contributed by atoms with Crippen LogP contribution in [0.3, 0.4) is 0 Å². The standard InChI is InChI=1S/C14H21NOS/c1-2-3-4-9-14(16)15-10-5-7-12(15)13-8-6-11-17-13/h6,8,11-12H,2-5,7,9-10H2,1H3. The molecule has 1 aromatic heterocycles. The Kier molecular flexibility index (Phi) is 4.60. The number of unbranched alkanes of at least 4 members (excludes halogenated alkanes) is 2. The Balaban J connectivity index is 1.93. The Hall–Kier alpha value is -0.830. The molecule has 3 heteroatoms. The van der Waals surface area contributed by atoms with Crippen molar-refractivity contribution in [1.29, 1.82) is 0 Å². The van der Waals surface area contributed by atoms with Crippen molar-refractivity contribution in [1.82, 2.24) is 4.90 Å². The number of thiophene rings is 1. The first-order chi connectivity index (χ1) is 8.33. The van der Waals surface area contributed by atoms with Gasteiger partial charge in [0, 0.05) is 17.8 Å². The third-order valence-corrected chi connectivity index (χ3v) is 4.41. The SMILES string of the molecule is CCCCCC(=O)N1CCCC1c1cccs1. The fraction of sp³-hybridized carbons (Fsp3) is 0.643. The van der Waals surface area contributed by atoms with Gasteiger partial charge < -0.3 is 4.90 Å². The molecule has 1 saturated heterocycles. The zero-order valence-corrected chi connectivity index (χ0v) is 11.3. The minimum atomic E-state index is 0.356. The summed E-state index contributed by atoms with van der Waals surface area (Å²) in [7, 11) is 0. The van der Waals surface area contributed by atoms with Crippen LogP contribution in [0.5, 0.6) is 0 Å². The molecule has 1 aliphatic rings. The van der Waals surface area contributed by atoms with E-state index in [1.807, 2.05) is 0 Å². The number of nitrogens with zero attached hydrogens (tertiary/aromatic N) is 1. The van der Waals surface area contributed by atoms with Gasteiger partial charge in [0.15, 0.2) is 0 Å². The zero-order chi connectivity index (χ0) is 12.1. The summed E-state index contributed by atoms with van der Waals surface area (Å²) in [5.74, 6) is 0.356. The fourth-order valence-electron chi connectivity index (χ4n) is 2.51. The molecule has 1 aromatic rings. The first-order valence-electron chi connectivity index (χ1n) is 6.65. The molecule has 0 N–H and O–H groups in total. The van der Waals surface area contributed by atoms with E-state index in [2.05, 4.69) is 29.3 Å². The molecule has 17 heavy (non-hydrogen) atoms. The second kappa shape index (κ2) is 6.20. The summed E-state index contributed by atoms with van der Waals surface area (Å²) < 4.78 is 0. The third kappa shape index (κ3) is 3.09. The molecular weight excluding hydrogens is 230 g/mol. The lowest BCUT2D eigenvalue weighted by Crippen LogP contribution is -2.29. The molecule has 0 radical (unpaired) electrons. The third-order valence-electron chi connectivity index (χ3n) is 3.44. The molecule has 1 fully saturated rings. The van der Waals surface area contributed by atoms with E-state index in [1.54, 1.807) is 11.3 Å². The first kappa shape index (κ1) is 12.6. The molecular formula is C14H21NOS. The number of amides is 1. The van der Waals surface area contributed by atoms with E-state index in [-0.39, 0.29) is 0 Å². The van der Waals surface area contributed by atoms with Crippen molar-refractivity contribution in [3.05, 3.63) is 22.4 Å². The lowest BCUT2D eigenvalue weighted by atomic mass is 10.1. The molecule has 1 amide bonds. The summed E-state index contributed by atoms with van der Waals surface area (Å²) in [4.78, 5) is 15.6. The monoisotopic (exact) mass is 251 g/mol. The second-order valence-electron chi connectivity index (χ2n) is 4.72. The average molecular weight is 251 g/mol. The van der Waals surface area contributed by atoms with Crippen LogP contribution in [0.4, 0.5) is 0 Å². The molecule has 2 heterocycles. The van der Waals surface area contributed by atoms with Crippen molar-refractivity contribution < 1.29 is 4.79 Å². The van der Waals surface area contributed by atoms with Crippen molar-refractivity contribution in [3.63, 3.8) is 0 Å². The van der Waals surface area contributed by atoms with Gasteiger partial charge in [0.2, 0.25) is 5.91 Å². The minimum Gasteiger partial charge on any atom is -0.335 e. The van der Waals surface area contributed by atoms with Gasteiger partial charge in [-0.2, -0.15) is 0 Å². The maximum atomic E-state index is 12.2. The van der Waals surface area contributed by atoms with Crippen LogP contribution in [0.2, 0.25) is 0 Å². The molecule has 0 bridgehead atoms. The largest absolute Gasteiger partial charge is 0.335 e. The molecule has 0 aromatic carbocycles. The zero-order valence-electron chi connectivity index (χ0n) is 10.5. The fourth-order valence-corrected chi connectivity index (χ4v) is 3.39. The highest BCUT2D eigenvalue weighted by molar-refractivity contribution is 7.10. The quantitative estimate of drug-likeness (QED) is 0.725. The highest BCUT2D eigenvalue weighted by atomic mass is 32.1. The molecule has 0 spiro atoms. The van der Waals surface area contributed by atoms with Gasteiger partial charge in [0.25, 0.3) is 0 Å². The van der Waals surface area contributed by atoms with E-state index in [0.717, 1.165) is 32.2 Å². The van der Waals surface area contributed by atoms with E-state index < -0.39 is 0 Å². The molecule has 1 aliphatic heterocycles. The van der Waals surface area contributed by atoms with Crippen LogP contribution in [-0.4, -0.2) is 17.4 Å². The van der Waals surface area contributed by atoms with Crippen LogP contribution < -0.4 is 0 Å². The van der Waals surface area contributed by atoms with Crippen LogP contribution in [-0.2, 0) is 4.79 Å². The number of hydrogen-bond acceptors (Lipinski definition) is 2. The topological polar surface area (TPSA) is 20.3 Å². The summed E-state index contributed by atoms with van der Waals surface area (Å²) in [6.45, 7) is 3.13. The number of rotatable bonds is 5. The smallest absolute Gasteiger partial charge is 0.223 e. The molecule has 1 unspecified atom stereocenters. The first-order valence-corrected chi connectivity index (χ1v) is 7.53. The Morgan fingerprint density at radius 3 is 3.12 bits per heavy atom. The van der Waals surface area contributed by atoms with Crippen LogP contribution >= 0.6 is 11.3 Å². The van der Waals surface area contributed by atoms with Gasteiger partial charge in [0.05, 0.1) is 6.04 Å². The number of hydrogen-bond donors (Lipinski definition) is 0. The van der Waals surface area contributed by atoms with Crippen LogP contribution in [0.25, 0.3) is 0 Å². The summed E-state index contributed by atoms with van der Waals surface area (Å²) in [5.41, 5.74) is 0. The van der Waals surface area contributed by atoms with E-state index in [4.69, 9.17) is 0 Å². The van der Waals surface area contributed by atoms with Crippen LogP contribution in [0.1, 0.15) is 56.4 Å². The van der Waals surface area contributed by atoms with Crippen molar-refractivity contribution >= 4 is 17.2 Å². The van der Waals surface area contributed by atoms with Gasteiger partial charge in [-0.1, -0.05) is 25.8 Å². The Morgan fingerprint density at radius 1 is 1.53 bits per heavy atom. The van der Waals surface area contributed by atoms with Crippen molar-refractivity contribution in [3.8, 4) is 0 Å². The summed E-state index contributed by atoms with van der Waals surface area (Å²) in [6.07, 6.45) is 6.42. The van der Waals surface area contributed by atoms with E-state index in [0.29, 0.717) is 11.9 Å². The van der Waals surface area contributed by atoms with Gasteiger partial charge in [-0.25, -0.2) is 0 Å². The Morgan fingerprint density at radius 2 is 2.41 bits per heavy atom. The maximum absolute atomic E-state index is 12.2. The average Bonchev–Trinajstić information content (AvgIpc) is 2.99. The number of carbonyl (C=O) groups excluding carboxylic acids is 1. The predicted molar refractivity (Wildman–Crippen MR) is 72.1 cm³/mol. The number of likely N-dealkylation sites (tertiary alicyclic amines) is 1. The maximum Gasteiger partial charge on any atom is 0.223 e. The van der Waals surface area contributed by atoms with E-state index in [1.165, 1.54) is 17.7 Å². The van der Waals surface area contributed by atoms with Gasteiger partial charge in [-0.3, -0.25) is 4.79 Å². The predicted octanol–water partition coefficient (Wildman–Crippen LogP) is 3.99. The van der Waals surface area contributed by atoms with Gasteiger partial charge in [-0.15, -0.1) is 11.3 Å². The molecule has 1 atom stereocenters. The molecule has 94 valence electrons. The number of carbonyl (C=O) groups is 1. The van der Waals surface area contributed by atoms with E-state index in [9.17, 15) is 4.79 Å². The molecule has 0 saturated carbocycles. The molecule has 2 rings (SSSR count). The van der Waals surface area contributed by atoms with Crippen LogP contribution in [0, 0.1) is 0 Å². The van der Waals surface area contributed by atoms with Gasteiger partial charge >= 0.3 is 0 Å². The summed E-state index contributed by atoms with van der Waals surface area (Å²) in [5, 5.41) is 2.10. The van der Waals surface area contributed by atoms with Crippen molar-refractivity contribution in [2.45, 2.75) is 51.5 Å². The van der Waals surface area contributed by atoms with Gasteiger partial charge in [0.1, 0.15) is 0 Å². The molecule has 0 aliphatic carbocycles. The normalized spacial score (nSPS) is 19.8. The highest BCUT2D eigenvalue weighted by Crippen LogP contribution is 2.34. The lowest BCUT2D eigenvalue weighted by Gasteiger charge is -2.24. The van der Waals surface area contributed by atoms with Gasteiger partial charge in [-0.05, 0) is 30.7 Å². The summed E-state index contributed by atoms with van der Waals surface area (Å²) in [6, 6.07) is 4.61. The highest BCUT2D eigenvalue weighted by Gasteiger charge is 2.29. The van der Waals surface area contributed by atoms with Crippen molar-refractivity contribution in [2.24, 2.45) is 0 Å². The van der Waals surface area contributed by atoms with E-state index >= 15 is 0 Å². The van der Waals surface area contributed by atoms with Crippen molar-refractivity contribution in [2.75, 3.05) is 6.54 Å². The lowest BCUT2D eigenvalue weighted by molar-refractivity contribution is -0.132. The summed E-state index contributed by atoms with van der Waals surface area (Å²) >= 11 is 1.78.